The van der Waals surface area contributed by atoms with Crippen molar-refractivity contribution < 1.29 is 0 Å². The van der Waals surface area contributed by atoms with Crippen molar-refractivity contribution in [2.24, 2.45) is 5.73 Å². The van der Waals surface area contributed by atoms with Gasteiger partial charge in [0.15, 0.2) is 0 Å². The van der Waals surface area contributed by atoms with Gasteiger partial charge >= 0.3 is 0 Å². The third-order valence-electron chi connectivity index (χ3n) is 3.74. The minimum Gasteiger partial charge on any atom is -0.325 e. The fourth-order valence-electron chi connectivity index (χ4n) is 2.08. The van der Waals surface area contributed by atoms with E-state index in [0.717, 1.165) is 12.8 Å². The number of aryl methyl sites for hydroxylation is 4. The predicted octanol–water partition coefficient (Wildman–Crippen LogP) is 3.04. The third kappa shape index (κ3) is 2.40. The van der Waals surface area contributed by atoms with Gasteiger partial charge in [-0.05, 0) is 68.7 Å². The molecule has 0 aromatic heterocycles. The Morgan fingerprint density at radius 2 is 1.67 bits per heavy atom. The summed E-state index contributed by atoms with van der Waals surface area (Å²) < 4.78 is 0. The molecule has 0 aliphatic heterocycles. The zero-order valence-electron chi connectivity index (χ0n) is 10.1. The van der Waals surface area contributed by atoms with Crippen molar-refractivity contribution in [1.82, 2.24) is 0 Å². The summed E-state index contributed by atoms with van der Waals surface area (Å²) in [4.78, 5) is 0. The number of rotatable bonds is 3. The average molecular weight is 203 g/mol. The molecule has 0 saturated heterocycles. The molecular weight excluding hydrogens is 182 g/mol. The second-order valence-electron chi connectivity index (χ2n) is 5.23. The molecule has 15 heavy (non-hydrogen) atoms. The van der Waals surface area contributed by atoms with Crippen molar-refractivity contribution in [3.8, 4) is 0 Å². The van der Waals surface area contributed by atoms with Gasteiger partial charge in [-0.1, -0.05) is 12.1 Å². The minimum atomic E-state index is 0.186. The van der Waals surface area contributed by atoms with Crippen molar-refractivity contribution in [2.45, 2.75) is 52.0 Å². The molecule has 2 N–H and O–H groups in total. The molecule has 0 heterocycles. The lowest BCUT2D eigenvalue weighted by atomic mass is 9.96. The van der Waals surface area contributed by atoms with Crippen LogP contribution in [0.4, 0.5) is 0 Å². The van der Waals surface area contributed by atoms with Crippen molar-refractivity contribution >= 4 is 0 Å². The van der Waals surface area contributed by atoms with Crippen molar-refractivity contribution in [2.75, 3.05) is 0 Å². The maximum Gasteiger partial charge on any atom is 0.0158 e. The highest BCUT2D eigenvalue weighted by Crippen LogP contribution is 2.36. The Bertz CT molecular complexity index is 375. The number of hydrogen-bond donors (Lipinski definition) is 1. The lowest BCUT2D eigenvalue weighted by Gasteiger charge is -2.12. The van der Waals surface area contributed by atoms with E-state index in [4.69, 9.17) is 5.73 Å². The van der Waals surface area contributed by atoms with Gasteiger partial charge in [0.05, 0.1) is 0 Å². The molecule has 0 spiro atoms. The van der Waals surface area contributed by atoms with Crippen LogP contribution in [0.25, 0.3) is 0 Å². The van der Waals surface area contributed by atoms with Crippen LogP contribution in [0.15, 0.2) is 12.1 Å². The second-order valence-corrected chi connectivity index (χ2v) is 5.23. The molecule has 2 rings (SSSR count). The van der Waals surface area contributed by atoms with Gasteiger partial charge in [0, 0.05) is 5.54 Å². The topological polar surface area (TPSA) is 26.0 Å². The molecule has 1 aliphatic rings. The highest BCUT2D eigenvalue weighted by Gasteiger charge is 2.37. The molecule has 1 aliphatic carbocycles. The van der Waals surface area contributed by atoms with E-state index >= 15 is 0 Å². The first kappa shape index (κ1) is 10.7. The van der Waals surface area contributed by atoms with Gasteiger partial charge in [0.1, 0.15) is 0 Å². The fraction of sp³-hybridized carbons (Fsp3) is 0.571. The zero-order valence-corrected chi connectivity index (χ0v) is 10.1. The van der Waals surface area contributed by atoms with E-state index in [-0.39, 0.29) is 5.54 Å². The second kappa shape index (κ2) is 3.64. The van der Waals surface area contributed by atoms with Crippen LogP contribution in [0.5, 0.6) is 0 Å². The molecule has 1 nitrogen and oxygen atoms in total. The Kier molecular flexibility index (Phi) is 2.59. The molecular formula is C14H21N. The predicted molar refractivity (Wildman–Crippen MR) is 65.1 cm³/mol. The van der Waals surface area contributed by atoms with E-state index < -0.39 is 0 Å². The molecule has 1 aromatic rings. The van der Waals surface area contributed by atoms with Crippen LogP contribution in [-0.4, -0.2) is 5.54 Å². The van der Waals surface area contributed by atoms with E-state index in [9.17, 15) is 0 Å². The van der Waals surface area contributed by atoms with Crippen LogP contribution in [0.2, 0.25) is 0 Å². The first-order valence-electron chi connectivity index (χ1n) is 5.86. The molecule has 1 aromatic carbocycles. The third-order valence-corrected chi connectivity index (χ3v) is 3.74. The molecule has 0 amide bonds. The lowest BCUT2D eigenvalue weighted by molar-refractivity contribution is 0.608. The lowest BCUT2D eigenvalue weighted by Crippen LogP contribution is -2.22. The highest BCUT2D eigenvalue weighted by molar-refractivity contribution is 5.36. The summed E-state index contributed by atoms with van der Waals surface area (Å²) in [6, 6.07) is 4.62. The van der Waals surface area contributed by atoms with Gasteiger partial charge in [0.2, 0.25) is 0 Å². The fourth-order valence-corrected chi connectivity index (χ4v) is 2.08. The Morgan fingerprint density at radius 3 is 2.27 bits per heavy atom. The van der Waals surface area contributed by atoms with Crippen LogP contribution in [0.1, 0.15) is 41.5 Å². The monoisotopic (exact) mass is 203 g/mol. The summed E-state index contributed by atoms with van der Waals surface area (Å²) in [5.41, 5.74) is 12.0. The minimum absolute atomic E-state index is 0.186. The van der Waals surface area contributed by atoms with E-state index in [2.05, 4.69) is 32.9 Å². The summed E-state index contributed by atoms with van der Waals surface area (Å²) in [5, 5.41) is 0. The average Bonchev–Trinajstić information content (AvgIpc) is 2.89. The zero-order chi connectivity index (χ0) is 11.1. The summed E-state index contributed by atoms with van der Waals surface area (Å²) in [5.74, 6) is 0. The normalized spacial score (nSPS) is 17.9. The van der Waals surface area contributed by atoms with E-state index in [1.165, 1.54) is 35.1 Å². The van der Waals surface area contributed by atoms with Crippen LogP contribution >= 0.6 is 0 Å². The first-order valence-corrected chi connectivity index (χ1v) is 5.86. The van der Waals surface area contributed by atoms with Crippen molar-refractivity contribution in [3.63, 3.8) is 0 Å². The summed E-state index contributed by atoms with van der Waals surface area (Å²) in [7, 11) is 0. The molecule has 1 fully saturated rings. The van der Waals surface area contributed by atoms with E-state index in [1.807, 2.05) is 0 Å². The quantitative estimate of drug-likeness (QED) is 0.803. The highest BCUT2D eigenvalue weighted by atomic mass is 14.8. The Labute approximate surface area is 92.7 Å². The van der Waals surface area contributed by atoms with Gasteiger partial charge in [-0.3, -0.25) is 0 Å². The molecule has 0 radical (unpaired) electrons. The molecule has 0 unspecified atom stereocenters. The number of nitrogens with two attached hydrogens (primary N) is 1. The summed E-state index contributed by atoms with van der Waals surface area (Å²) in [6.07, 6.45) is 4.73. The van der Waals surface area contributed by atoms with Crippen molar-refractivity contribution in [1.29, 1.82) is 0 Å². The molecule has 1 heteroatoms. The first-order chi connectivity index (χ1) is 7.00. The van der Waals surface area contributed by atoms with Crippen LogP contribution in [0.3, 0.4) is 0 Å². The maximum absolute atomic E-state index is 6.11. The van der Waals surface area contributed by atoms with Gasteiger partial charge in [-0.2, -0.15) is 0 Å². The van der Waals surface area contributed by atoms with Crippen LogP contribution < -0.4 is 5.73 Å². The summed E-state index contributed by atoms with van der Waals surface area (Å²) in [6.45, 7) is 6.57. The summed E-state index contributed by atoms with van der Waals surface area (Å²) >= 11 is 0. The smallest absolute Gasteiger partial charge is 0.0158 e. The van der Waals surface area contributed by atoms with Gasteiger partial charge in [-0.15, -0.1) is 0 Å². The van der Waals surface area contributed by atoms with Gasteiger partial charge < -0.3 is 5.73 Å². The molecule has 1 saturated carbocycles. The number of benzene rings is 1. The Hall–Kier alpha value is -0.820. The Morgan fingerprint density at radius 1 is 1.07 bits per heavy atom. The van der Waals surface area contributed by atoms with E-state index in [1.54, 1.807) is 0 Å². The van der Waals surface area contributed by atoms with E-state index in [0.29, 0.717) is 0 Å². The SMILES string of the molecule is Cc1cc(C)c(CCC2(N)CC2)cc1C. The molecule has 0 atom stereocenters. The molecule has 82 valence electrons. The van der Waals surface area contributed by atoms with Crippen LogP contribution in [0, 0.1) is 20.8 Å². The Balaban J connectivity index is 2.10. The van der Waals surface area contributed by atoms with Gasteiger partial charge in [0.25, 0.3) is 0 Å². The van der Waals surface area contributed by atoms with Gasteiger partial charge in [-0.25, -0.2) is 0 Å². The number of hydrogen-bond acceptors (Lipinski definition) is 1. The standard InChI is InChI=1S/C14H21N/c1-10-8-12(3)13(9-11(10)2)4-5-14(15)6-7-14/h8-9H,4-7,15H2,1-3H3. The molecule has 0 bridgehead atoms. The largest absolute Gasteiger partial charge is 0.325 e. The maximum atomic E-state index is 6.11. The van der Waals surface area contributed by atoms with Crippen LogP contribution in [-0.2, 0) is 6.42 Å². The van der Waals surface area contributed by atoms with Crippen molar-refractivity contribution in [3.05, 3.63) is 34.4 Å².